The molecule has 8 nitrogen and oxygen atoms in total. The molecule has 0 fully saturated rings. The number of Topliss-reactive ketones (excluding diaryl/α,β-unsaturated/α-hetero) is 1. The van der Waals surface area contributed by atoms with Crippen molar-refractivity contribution in [3.05, 3.63) is 46.7 Å². The van der Waals surface area contributed by atoms with Crippen LogP contribution in [0.4, 0.5) is 0 Å². The van der Waals surface area contributed by atoms with E-state index in [1.807, 2.05) is 31.3 Å². The molecule has 0 bridgehead atoms. The van der Waals surface area contributed by atoms with Gasteiger partial charge in [-0.25, -0.2) is 0 Å². The van der Waals surface area contributed by atoms with Crippen molar-refractivity contribution in [2.75, 3.05) is 26.8 Å². The number of carbonyl (C=O) groups excluding carboxylic acids is 4. The first-order valence-electron chi connectivity index (χ1n) is 12.6. The number of nitrogens with one attached hydrogen (secondary N) is 3. The molecule has 3 N–H and O–H groups in total. The van der Waals surface area contributed by atoms with Crippen molar-refractivity contribution in [1.82, 2.24) is 16.0 Å². The first kappa shape index (κ1) is 28.2. The summed E-state index contributed by atoms with van der Waals surface area (Å²) in [5.74, 6) is -0.186. The Balaban J connectivity index is 1.59. The predicted molar refractivity (Wildman–Crippen MR) is 135 cm³/mol. The molecule has 1 aliphatic carbocycles. The van der Waals surface area contributed by atoms with E-state index in [1.54, 1.807) is 0 Å². The number of amides is 2. The lowest BCUT2D eigenvalue weighted by Crippen LogP contribution is -2.27. The third-order valence-corrected chi connectivity index (χ3v) is 6.00. The zero-order chi connectivity index (χ0) is 25.3. The summed E-state index contributed by atoms with van der Waals surface area (Å²) in [6, 6.07) is 7.34. The topological polar surface area (TPSA) is 114 Å². The number of hydrogen-bond acceptors (Lipinski definition) is 6. The van der Waals surface area contributed by atoms with E-state index in [9.17, 15) is 19.2 Å². The maximum absolute atomic E-state index is 12.8. The van der Waals surface area contributed by atoms with Gasteiger partial charge in [0.15, 0.2) is 5.78 Å². The number of carbonyl (C=O) groups is 4. The highest BCUT2D eigenvalue weighted by atomic mass is 16.5. The van der Waals surface area contributed by atoms with Crippen molar-refractivity contribution in [2.24, 2.45) is 0 Å². The minimum Gasteiger partial charge on any atom is -0.391 e. The van der Waals surface area contributed by atoms with Gasteiger partial charge in [-0.15, -0.1) is 0 Å². The minimum absolute atomic E-state index is 0.0303. The molecule has 2 rings (SSSR count). The number of unbranched alkanes of at least 4 members (excludes halogenated alkanes) is 3. The first-order chi connectivity index (χ1) is 17.0. The molecule has 1 aromatic carbocycles. The summed E-state index contributed by atoms with van der Waals surface area (Å²) < 4.78 is 5.36. The van der Waals surface area contributed by atoms with Crippen LogP contribution in [0.2, 0.25) is 0 Å². The number of aldehydes is 1. The zero-order valence-corrected chi connectivity index (χ0v) is 20.8. The van der Waals surface area contributed by atoms with E-state index in [0.29, 0.717) is 44.5 Å². The Kier molecular flexibility index (Phi) is 13.4. The standard InChI is InChI=1S/C27H39N3O5/c1-28-24-10-5-4-9-23(24)27(34)22-14-12-21(13-15-22)19-30-26(33)20-35-18-8-11-25(32)29-16-6-2-3-7-17-31/h12-15,17,28H,2-11,16,18-20H2,1H3,(H,29,32)(H,30,33). The van der Waals surface area contributed by atoms with E-state index in [0.717, 1.165) is 68.1 Å². The maximum Gasteiger partial charge on any atom is 0.246 e. The molecule has 2 amide bonds. The van der Waals surface area contributed by atoms with Gasteiger partial charge in [-0.1, -0.05) is 30.7 Å². The Hall–Kier alpha value is -3.00. The average Bonchev–Trinajstić information content (AvgIpc) is 2.89. The van der Waals surface area contributed by atoms with Crippen molar-refractivity contribution in [3.63, 3.8) is 0 Å². The molecular formula is C27H39N3O5. The average molecular weight is 486 g/mol. The van der Waals surface area contributed by atoms with Crippen molar-refractivity contribution >= 4 is 23.9 Å². The fraction of sp³-hybridized carbons (Fsp3) is 0.556. The van der Waals surface area contributed by atoms with Gasteiger partial charge >= 0.3 is 0 Å². The van der Waals surface area contributed by atoms with Gasteiger partial charge in [-0.2, -0.15) is 0 Å². The van der Waals surface area contributed by atoms with Crippen LogP contribution in [0.1, 0.15) is 80.1 Å². The Morgan fingerprint density at radius 1 is 0.943 bits per heavy atom. The fourth-order valence-electron chi connectivity index (χ4n) is 3.98. The molecule has 0 aromatic heterocycles. The molecule has 0 aliphatic heterocycles. The highest BCUT2D eigenvalue weighted by Gasteiger charge is 2.19. The predicted octanol–water partition coefficient (Wildman–Crippen LogP) is 3.21. The summed E-state index contributed by atoms with van der Waals surface area (Å²) in [4.78, 5) is 46.8. The number of rotatable bonds is 17. The van der Waals surface area contributed by atoms with E-state index in [2.05, 4.69) is 16.0 Å². The Bertz CT molecular complexity index is 864. The maximum atomic E-state index is 12.8. The third kappa shape index (κ3) is 10.9. The number of ketones is 1. The van der Waals surface area contributed by atoms with Gasteiger partial charge in [0.1, 0.15) is 12.9 Å². The molecule has 1 aromatic rings. The molecule has 35 heavy (non-hydrogen) atoms. The fourth-order valence-corrected chi connectivity index (χ4v) is 3.98. The molecule has 0 radical (unpaired) electrons. The van der Waals surface area contributed by atoms with Gasteiger partial charge in [0.2, 0.25) is 11.8 Å². The molecule has 0 spiro atoms. The second-order valence-corrected chi connectivity index (χ2v) is 8.74. The van der Waals surface area contributed by atoms with Crippen molar-refractivity contribution in [1.29, 1.82) is 0 Å². The van der Waals surface area contributed by atoms with E-state index < -0.39 is 0 Å². The van der Waals surface area contributed by atoms with Gasteiger partial charge in [0.25, 0.3) is 0 Å². The van der Waals surface area contributed by atoms with E-state index in [1.165, 1.54) is 0 Å². The van der Waals surface area contributed by atoms with Crippen LogP contribution < -0.4 is 16.0 Å². The monoisotopic (exact) mass is 485 g/mol. The molecule has 0 heterocycles. The van der Waals surface area contributed by atoms with Crippen molar-refractivity contribution < 1.29 is 23.9 Å². The van der Waals surface area contributed by atoms with Crippen LogP contribution in [0.5, 0.6) is 0 Å². The summed E-state index contributed by atoms with van der Waals surface area (Å²) in [5, 5.41) is 8.82. The van der Waals surface area contributed by atoms with Gasteiger partial charge in [-0.05, 0) is 50.5 Å². The van der Waals surface area contributed by atoms with Crippen LogP contribution in [-0.4, -0.2) is 50.7 Å². The van der Waals surface area contributed by atoms with Gasteiger partial charge in [0.05, 0.1) is 0 Å². The van der Waals surface area contributed by atoms with Crippen LogP contribution in [0.3, 0.4) is 0 Å². The SMILES string of the molecule is CNC1=C(C(=O)c2ccc(CNC(=O)COCCCC(=O)NCCCCCC=O)cc2)CCCC1. The number of allylic oxidation sites excluding steroid dienone is 2. The van der Waals surface area contributed by atoms with E-state index in [-0.39, 0.29) is 24.2 Å². The number of ether oxygens (including phenoxy) is 1. The van der Waals surface area contributed by atoms with Crippen LogP contribution in [-0.2, 0) is 25.7 Å². The lowest BCUT2D eigenvalue weighted by Gasteiger charge is -2.19. The van der Waals surface area contributed by atoms with Crippen LogP contribution in [0.25, 0.3) is 0 Å². The third-order valence-electron chi connectivity index (χ3n) is 6.00. The molecular weight excluding hydrogens is 446 g/mol. The second kappa shape index (κ2) is 16.6. The van der Waals surface area contributed by atoms with E-state index in [4.69, 9.17) is 4.74 Å². The molecule has 0 saturated heterocycles. The summed E-state index contributed by atoms with van der Waals surface area (Å²) in [6.07, 6.45) is 8.90. The largest absolute Gasteiger partial charge is 0.391 e. The molecule has 192 valence electrons. The van der Waals surface area contributed by atoms with E-state index >= 15 is 0 Å². The smallest absolute Gasteiger partial charge is 0.246 e. The van der Waals surface area contributed by atoms with Gasteiger partial charge < -0.3 is 25.5 Å². The lowest BCUT2D eigenvalue weighted by atomic mass is 9.90. The first-order valence-corrected chi connectivity index (χ1v) is 12.6. The number of benzene rings is 1. The molecule has 0 unspecified atom stereocenters. The molecule has 8 heteroatoms. The molecule has 0 saturated carbocycles. The molecule has 1 aliphatic rings. The lowest BCUT2D eigenvalue weighted by molar-refractivity contribution is -0.126. The molecule has 0 atom stereocenters. The van der Waals surface area contributed by atoms with Gasteiger partial charge in [-0.3, -0.25) is 14.4 Å². The summed E-state index contributed by atoms with van der Waals surface area (Å²) in [7, 11) is 1.86. The van der Waals surface area contributed by atoms with Crippen LogP contribution >= 0.6 is 0 Å². The van der Waals surface area contributed by atoms with Crippen LogP contribution in [0, 0.1) is 0 Å². The van der Waals surface area contributed by atoms with Crippen molar-refractivity contribution in [3.8, 4) is 0 Å². The summed E-state index contributed by atoms with van der Waals surface area (Å²) >= 11 is 0. The van der Waals surface area contributed by atoms with Gasteiger partial charge in [0, 0.05) is 56.4 Å². The zero-order valence-electron chi connectivity index (χ0n) is 20.8. The van der Waals surface area contributed by atoms with Crippen LogP contribution in [0.15, 0.2) is 35.5 Å². The Labute approximate surface area is 208 Å². The van der Waals surface area contributed by atoms with Crippen molar-refractivity contribution in [2.45, 2.75) is 70.8 Å². The highest BCUT2D eigenvalue weighted by Crippen LogP contribution is 2.26. The second-order valence-electron chi connectivity index (χ2n) is 8.74. The normalized spacial score (nSPS) is 13.3. The Morgan fingerprint density at radius 2 is 1.71 bits per heavy atom. The highest BCUT2D eigenvalue weighted by molar-refractivity contribution is 6.09. The minimum atomic E-state index is -0.226. The quantitative estimate of drug-likeness (QED) is 0.177. The summed E-state index contributed by atoms with van der Waals surface area (Å²) in [5.41, 5.74) is 3.49. The summed E-state index contributed by atoms with van der Waals surface area (Å²) in [6.45, 7) is 1.25. The Morgan fingerprint density at radius 3 is 2.46 bits per heavy atom. The number of hydrogen-bond donors (Lipinski definition) is 3.